The number of benzene rings is 1. The summed E-state index contributed by atoms with van der Waals surface area (Å²) in [7, 11) is 0. The van der Waals surface area contributed by atoms with Crippen molar-refractivity contribution in [1.29, 1.82) is 0 Å². The number of nitrogens with one attached hydrogen (secondary N) is 1. The second-order valence-electron chi connectivity index (χ2n) is 3.91. The van der Waals surface area contributed by atoms with Crippen molar-refractivity contribution in [2.45, 2.75) is 6.92 Å². The largest absolute Gasteiger partial charge is 0.494 e. The molecule has 0 aliphatic carbocycles. The van der Waals surface area contributed by atoms with Crippen LogP contribution in [0.5, 0.6) is 5.75 Å². The summed E-state index contributed by atoms with van der Waals surface area (Å²) >= 11 is 0. The number of aliphatic hydroxyl groups is 1. The molecule has 0 fully saturated rings. The lowest BCUT2D eigenvalue weighted by atomic mass is 10.1. The predicted molar refractivity (Wildman–Crippen MR) is 74.2 cm³/mol. The summed E-state index contributed by atoms with van der Waals surface area (Å²) in [6.45, 7) is 3.15. The minimum absolute atomic E-state index is 0.0717. The van der Waals surface area contributed by atoms with Gasteiger partial charge in [-0.15, -0.1) is 10.2 Å². The Morgan fingerprint density at radius 1 is 1.11 bits per heavy atom. The molecule has 0 spiro atoms. The van der Waals surface area contributed by atoms with Crippen LogP contribution in [-0.2, 0) is 0 Å². The number of aliphatic hydroxyl groups excluding tert-OH is 1. The van der Waals surface area contributed by atoms with Gasteiger partial charge in [-0.2, -0.15) is 0 Å². The molecule has 0 aliphatic heterocycles. The molecular formula is C14H17N3O2. The molecule has 0 saturated heterocycles. The van der Waals surface area contributed by atoms with Gasteiger partial charge in [-0.05, 0) is 43.3 Å². The lowest BCUT2D eigenvalue weighted by Crippen LogP contribution is -2.07. The fourth-order valence-electron chi connectivity index (χ4n) is 1.65. The highest BCUT2D eigenvalue weighted by atomic mass is 16.5. The van der Waals surface area contributed by atoms with E-state index in [2.05, 4.69) is 15.5 Å². The van der Waals surface area contributed by atoms with Gasteiger partial charge >= 0.3 is 0 Å². The molecule has 1 heterocycles. The highest BCUT2D eigenvalue weighted by Gasteiger charge is 2.01. The van der Waals surface area contributed by atoms with Gasteiger partial charge in [0.2, 0.25) is 0 Å². The van der Waals surface area contributed by atoms with Gasteiger partial charge in [0.15, 0.2) is 0 Å². The monoisotopic (exact) mass is 259 g/mol. The average Bonchev–Trinajstić information content (AvgIpc) is 2.47. The van der Waals surface area contributed by atoms with Gasteiger partial charge in [-0.25, -0.2) is 0 Å². The number of nitrogens with zero attached hydrogens (tertiary/aromatic N) is 2. The molecule has 5 nitrogen and oxygen atoms in total. The van der Waals surface area contributed by atoms with Gasteiger partial charge in [-0.3, -0.25) is 0 Å². The predicted octanol–water partition coefficient (Wildman–Crippen LogP) is 1.95. The number of rotatable bonds is 6. The van der Waals surface area contributed by atoms with Crippen LogP contribution in [0, 0.1) is 0 Å². The van der Waals surface area contributed by atoms with E-state index in [1.54, 1.807) is 0 Å². The van der Waals surface area contributed by atoms with Crippen LogP contribution in [0.2, 0.25) is 0 Å². The summed E-state index contributed by atoms with van der Waals surface area (Å²) in [5, 5.41) is 19.9. The van der Waals surface area contributed by atoms with E-state index in [-0.39, 0.29) is 6.61 Å². The summed E-state index contributed by atoms with van der Waals surface area (Å²) in [5.74, 6) is 1.50. The molecule has 0 atom stereocenters. The maximum absolute atomic E-state index is 8.71. The Morgan fingerprint density at radius 2 is 1.89 bits per heavy atom. The minimum atomic E-state index is 0.0717. The van der Waals surface area contributed by atoms with E-state index < -0.39 is 0 Å². The summed E-state index contributed by atoms with van der Waals surface area (Å²) in [6.07, 6.45) is 0. The zero-order valence-electron chi connectivity index (χ0n) is 10.8. The van der Waals surface area contributed by atoms with Gasteiger partial charge < -0.3 is 15.2 Å². The first-order valence-corrected chi connectivity index (χ1v) is 6.25. The first-order valence-electron chi connectivity index (χ1n) is 6.25. The van der Waals surface area contributed by atoms with Crippen LogP contribution in [0.4, 0.5) is 5.82 Å². The number of aromatic nitrogens is 2. The molecule has 0 saturated carbocycles. The smallest absolute Gasteiger partial charge is 0.148 e. The number of ether oxygens (including phenoxy) is 1. The standard InChI is InChI=1S/C14H17N3O2/c1-2-19-12-5-3-11(4-6-12)13-7-8-14(17-16-13)15-9-10-18/h3-8,18H,2,9-10H2,1H3,(H,15,17). The Balaban J connectivity index is 2.08. The number of hydrogen-bond donors (Lipinski definition) is 2. The normalized spacial score (nSPS) is 10.2. The van der Waals surface area contributed by atoms with Crippen LogP contribution in [0.1, 0.15) is 6.92 Å². The molecule has 2 N–H and O–H groups in total. The lowest BCUT2D eigenvalue weighted by Gasteiger charge is -2.05. The SMILES string of the molecule is CCOc1ccc(-c2ccc(NCCO)nn2)cc1. The molecule has 100 valence electrons. The maximum atomic E-state index is 8.71. The van der Waals surface area contributed by atoms with Crippen molar-refractivity contribution in [3.63, 3.8) is 0 Å². The van der Waals surface area contributed by atoms with E-state index in [9.17, 15) is 0 Å². The first kappa shape index (κ1) is 13.3. The molecule has 5 heteroatoms. The van der Waals surface area contributed by atoms with E-state index in [1.165, 1.54) is 0 Å². The number of anilines is 1. The second-order valence-corrected chi connectivity index (χ2v) is 3.91. The van der Waals surface area contributed by atoms with Crippen LogP contribution in [0.25, 0.3) is 11.3 Å². The van der Waals surface area contributed by atoms with Crippen molar-refractivity contribution in [2.75, 3.05) is 25.1 Å². The van der Waals surface area contributed by atoms with Gasteiger partial charge in [0.25, 0.3) is 0 Å². The minimum Gasteiger partial charge on any atom is -0.494 e. The highest BCUT2D eigenvalue weighted by molar-refractivity contribution is 5.60. The lowest BCUT2D eigenvalue weighted by molar-refractivity contribution is 0.311. The van der Waals surface area contributed by atoms with Gasteiger partial charge in [0.1, 0.15) is 11.6 Å². The molecule has 0 bridgehead atoms. The Labute approximate surface area is 112 Å². The molecule has 0 amide bonds. The Hall–Kier alpha value is -2.14. The summed E-state index contributed by atoms with van der Waals surface area (Å²) in [4.78, 5) is 0. The Bertz CT molecular complexity index is 497. The molecule has 2 aromatic rings. The highest BCUT2D eigenvalue weighted by Crippen LogP contribution is 2.20. The van der Waals surface area contributed by atoms with Crippen molar-refractivity contribution >= 4 is 5.82 Å². The fourth-order valence-corrected chi connectivity index (χ4v) is 1.65. The van der Waals surface area contributed by atoms with E-state index >= 15 is 0 Å². The van der Waals surface area contributed by atoms with Crippen LogP contribution >= 0.6 is 0 Å². The van der Waals surface area contributed by atoms with Crippen molar-refractivity contribution in [3.8, 4) is 17.0 Å². The third-order valence-corrected chi connectivity index (χ3v) is 2.54. The van der Waals surface area contributed by atoms with Crippen LogP contribution in [-0.4, -0.2) is 35.1 Å². The molecule has 0 aliphatic rings. The first-order chi connectivity index (χ1) is 9.33. The molecular weight excluding hydrogens is 242 g/mol. The van der Waals surface area contributed by atoms with Crippen molar-refractivity contribution in [1.82, 2.24) is 10.2 Å². The maximum Gasteiger partial charge on any atom is 0.148 e. The average molecular weight is 259 g/mol. The van der Waals surface area contributed by atoms with Gasteiger partial charge in [0.05, 0.1) is 18.9 Å². The second kappa shape index (κ2) is 6.70. The third-order valence-electron chi connectivity index (χ3n) is 2.54. The topological polar surface area (TPSA) is 67.3 Å². The third kappa shape index (κ3) is 3.66. The van der Waals surface area contributed by atoms with Crippen molar-refractivity contribution in [3.05, 3.63) is 36.4 Å². The summed E-state index contributed by atoms with van der Waals surface area (Å²) in [6, 6.07) is 11.5. The van der Waals surface area contributed by atoms with E-state index in [4.69, 9.17) is 9.84 Å². The van der Waals surface area contributed by atoms with E-state index in [1.807, 2.05) is 43.3 Å². The van der Waals surface area contributed by atoms with Gasteiger partial charge in [-0.1, -0.05) is 0 Å². The number of hydrogen-bond acceptors (Lipinski definition) is 5. The Morgan fingerprint density at radius 3 is 2.47 bits per heavy atom. The zero-order valence-corrected chi connectivity index (χ0v) is 10.8. The fraction of sp³-hybridized carbons (Fsp3) is 0.286. The Kier molecular flexibility index (Phi) is 4.69. The van der Waals surface area contributed by atoms with Crippen LogP contribution < -0.4 is 10.1 Å². The molecule has 19 heavy (non-hydrogen) atoms. The molecule has 0 radical (unpaired) electrons. The van der Waals surface area contributed by atoms with Crippen molar-refractivity contribution < 1.29 is 9.84 Å². The molecule has 2 rings (SSSR count). The molecule has 1 aromatic carbocycles. The van der Waals surface area contributed by atoms with Crippen LogP contribution in [0.15, 0.2) is 36.4 Å². The van der Waals surface area contributed by atoms with Crippen molar-refractivity contribution in [2.24, 2.45) is 0 Å². The van der Waals surface area contributed by atoms with E-state index in [0.29, 0.717) is 19.0 Å². The molecule has 1 aromatic heterocycles. The van der Waals surface area contributed by atoms with Gasteiger partial charge in [0, 0.05) is 12.1 Å². The quantitative estimate of drug-likeness (QED) is 0.830. The van der Waals surface area contributed by atoms with E-state index in [0.717, 1.165) is 17.0 Å². The summed E-state index contributed by atoms with van der Waals surface area (Å²) in [5.41, 5.74) is 1.79. The zero-order chi connectivity index (χ0) is 13.5. The molecule has 0 unspecified atom stereocenters. The summed E-state index contributed by atoms with van der Waals surface area (Å²) < 4.78 is 5.39. The van der Waals surface area contributed by atoms with Crippen LogP contribution in [0.3, 0.4) is 0 Å².